The highest BCUT2D eigenvalue weighted by Crippen LogP contribution is 2.21. The molecule has 0 spiro atoms. The van der Waals surface area contributed by atoms with Crippen molar-refractivity contribution >= 4 is 17.9 Å². The van der Waals surface area contributed by atoms with Crippen molar-refractivity contribution in [3.8, 4) is 0 Å². The molecule has 3 rings (SSSR count). The second-order valence-corrected chi connectivity index (χ2v) is 5.54. The number of likely N-dealkylation sites (tertiary alicyclic amines) is 1. The summed E-state index contributed by atoms with van der Waals surface area (Å²) in [6, 6.07) is 7.68. The van der Waals surface area contributed by atoms with E-state index < -0.39 is 0 Å². The monoisotopic (exact) mass is 305 g/mol. The number of piperidine rings is 1. The average Bonchev–Trinajstić information content (AvgIpc) is 2.60. The normalized spacial score (nSPS) is 19.4. The Bertz CT molecular complexity index is 674. The van der Waals surface area contributed by atoms with Gasteiger partial charge in [0.25, 0.3) is 0 Å². The zero-order valence-corrected chi connectivity index (χ0v) is 13.1. The molecule has 1 aliphatic heterocycles. The number of hydrogen-bond donors (Lipinski definition) is 0. The van der Waals surface area contributed by atoms with Crippen molar-refractivity contribution in [2.45, 2.75) is 6.92 Å². The van der Waals surface area contributed by atoms with Gasteiger partial charge in [-0.15, -0.1) is 0 Å². The quantitative estimate of drug-likeness (QED) is 0.818. The van der Waals surface area contributed by atoms with Crippen molar-refractivity contribution < 1.29 is 4.79 Å². The number of ketones is 1. The fourth-order valence-electron chi connectivity index (χ4n) is 2.66. The topological polar surface area (TPSA) is 46.1 Å². The second-order valence-electron chi connectivity index (χ2n) is 5.54. The molecule has 0 N–H and O–H groups in total. The van der Waals surface area contributed by atoms with E-state index in [1.807, 2.05) is 36.4 Å². The first-order chi connectivity index (χ1) is 11.3. The molecule has 1 aliphatic rings. The summed E-state index contributed by atoms with van der Waals surface area (Å²) in [4.78, 5) is 23.3. The van der Waals surface area contributed by atoms with Crippen molar-refractivity contribution in [2.75, 3.05) is 19.6 Å². The van der Waals surface area contributed by atoms with Gasteiger partial charge in [0.05, 0.1) is 0 Å². The second kappa shape index (κ2) is 7.11. The number of pyridine rings is 2. The number of nitrogens with zero attached hydrogens (tertiary/aromatic N) is 3. The molecule has 2 aromatic rings. The van der Waals surface area contributed by atoms with E-state index in [1.54, 1.807) is 24.8 Å². The molecule has 4 nitrogen and oxygen atoms in total. The van der Waals surface area contributed by atoms with Crippen LogP contribution in [-0.4, -0.2) is 40.3 Å². The first kappa shape index (κ1) is 15.3. The molecule has 0 aliphatic carbocycles. The van der Waals surface area contributed by atoms with Gasteiger partial charge in [-0.3, -0.25) is 19.7 Å². The van der Waals surface area contributed by atoms with Crippen LogP contribution in [0.2, 0.25) is 0 Å². The van der Waals surface area contributed by atoms with Crippen LogP contribution < -0.4 is 0 Å². The minimum Gasteiger partial charge on any atom is -0.295 e. The van der Waals surface area contributed by atoms with E-state index in [4.69, 9.17) is 0 Å². The minimum absolute atomic E-state index is 0.113. The molecular weight excluding hydrogens is 286 g/mol. The van der Waals surface area contributed by atoms with Crippen LogP contribution in [0.25, 0.3) is 12.2 Å². The molecule has 0 saturated carbocycles. The first-order valence-electron chi connectivity index (χ1n) is 7.74. The van der Waals surface area contributed by atoms with Crippen LogP contribution in [0.1, 0.15) is 18.1 Å². The maximum Gasteiger partial charge on any atom is 0.187 e. The highest BCUT2D eigenvalue weighted by atomic mass is 16.1. The largest absolute Gasteiger partial charge is 0.295 e. The van der Waals surface area contributed by atoms with Gasteiger partial charge in [-0.25, -0.2) is 0 Å². The third-order valence-corrected chi connectivity index (χ3v) is 3.87. The zero-order chi connectivity index (χ0) is 16.1. The fourth-order valence-corrected chi connectivity index (χ4v) is 2.66. The van der Waals surface area contributed by atoms with E-state index >= 15 is 0 Å². The highest BCUT2D eigenvalue weighted by molar-refractivity contribution is 6.14. The molecule has 0 bridgehead atoms. The lowest BCUT2D eigenvalue weighted by Gasteiger charge is -2.28. The first-order valence-corrected chi connectivity index (χ1v) is 7.74. The van der Waals surface area contributed by atoms with E-state index in [-0.39, 0.29) is 5.78 Å². The Hall–Kier alpha value is -2.59. The molecule has 4 heteroatoms. The molecular formula is C19H19N3O. The Morgan fingerprint density at radius 1 is 1.00 bits per heavy atom. The van der Waals surface area contributed by atoms with Gasteiger partial charge in [-0.05, 0) is 42.0 Å². The number of carbonyl (C=O) groups is 1. The molecule has 2 aromatic heterocycles. The number of likely N-dealkylation sites (N-methyl/N-ethyl adjacent to an activating group) is 1. The van der Waals surface area contributed by atoms with Crippen molar-refractivity contribution in [1.29, 1.82) is 0 Å². The maximum absolute atomic E-state index is 12.8. The van der Waals surface area contributed by atoms with E-state index in [0.717, 1.165) is 28.8 Å². The van der Waals surface area contributed by atoms with Crippen LogP contribution in [0.3, 0.4) is 0 Å². The summed E-state index contributed by atoms with van der Waals surface area (Å²) in [6.45, 7) is 4.37. The molecule has 1 fully saturated rings. The van der Waals surface area contributed by atoms with E-state index in [2.05, 4.69) is 21.8 Å². The van der Waals surface area contributed by atoms with Gasteiger partial charge in [0.15, 0.2) is 5.78 Å². The summed E-state index contributed by atoms with van der Waals surface area (Å²) in [5.41, 5.74) is 3.52. The summed E-state index contributed by atoms with van der Waals surface area (Å²) < 4.78 is 0. The molecule has 3 heterocycles. The van der Waals surface area contributed by atoms with Gasteiger partial charge in [-0.1, -0.05) is 19.1 Å². The van der Waals surface area contributed by atoms with E-state index in [0.29, 0.717) is 13.1 Å². The molecule has 0 atom stereocenters. The molecule has 0 radical (unpaired) electrons. The molecule has 116 valence electrons. The lowest BCUT2D eigenvalue weighted by molar-refractivity contribution is -0.113. The summed E-state index contributed by atoms with van der Waals surface area (Å²) in [5.74, 6) is 0.113. The number of rotatable bonds is 3. The van der Waals surface area contributed by atoms with E-state index in [9.17, 15) is 4.79 Å². The number of aromatic nitrogens is 2. The molecule has 0 aromatic carbocycles. The standard InChI is InChI=1S/C19H19N3O/c1-2-22-13-17(9-15-5-3-7-20-11-15)19(23)18(14-22)10-16-6-4-8-21-12-16/h3-12H,2,13-14H2,1H3/b17-9+,18-10+. The van der Waals surface area contributed by atoms with E-state index in [1.165, 1.54) is 0 Å². The number of Topliss-reactive ketones (excluding diaryl/α,β-unsaturated/α-hetero) is 1. The lowest BCUT2D eigenvalue weighted by atomic mass is 9.95. The SMILES string of the molecule is CCN1C/C(=C\c2cccnc2)C(=O)/C(=C/c2cccnc2)C1. The van der Waals surface area contributed by atoms with Crippen LogP contribution in [0.5, 0.6) is 0 Å². The predicted molar refractivity (Wildman–Crippen MR) is 91.5 cm³/mol. The zero-order valence-electron chi connectivity index (χ0n) is 13.1. The summed E-state index contributed by atoms with van der Waals surface area (Å²) >= 11 is 0. The third kappa shape index (κ3) is 3.79. The molecule has 23 heavy (non-hydrogen) atoms. The van der Waals surface area contributed by atoms with Crippen LogP contribution >= 0.6 is 0 Å². The van der Waals surface area contributed by atoms with Crippen LogP contribution in [0, 0.1) is 0 Å². The van der Waals surface area contributed by atoms with Gasteiger partial charge < -0.3 is 0 Å². The summed E-state index contributed by atoms with van der Waals surface area (Å²) in [6.07, 6.45) is 10.9. The third-order valence-electron chi connectivity index (χ3n) is 3.87. The van der Waals surface area contributed by atoms with Crippen LogP contribution in [-0.2, 0) is 4.79 Å². The van der Waals surface area contributed by atoms with Gasteiger partial charge in [-0.2, -0.15) is 0 Å². The Morgan fingerprint density at radius 2 is 1.52 bits per heavy atom. The van der Waals surface area contributed by atoms with Crippen LogP contribution in [0.4, 0.5) is 0 Å². The smallest absolute Gasteiger partial charge is 0.187 e. The molecule has 0 unspecified atom stereocenters. The Morgan fingerprint density at radius 3 is 1.91 bits per heavy atom. The van der Waals surface area contributed by atoms with Crippen molar-refractivity contribution in [3.05, 3.63) is 71.3 Å². The van der Waals surface area contributed by atoms with Crippen LogP contribution in [0.15, 0.2) is 60.2 Å². The van der Waals surface area contributed by atoms with Gasteiger partial charge in [0.2, 0.25) is 0 Å². The summed E-state index contributed by atoms with van der Waals surface area (Å²) in [7, 11) is 0. The average molecular weight is 305 g/mol. The van der Waals surface area contributed by atoms with Crippen molar-refractivity contribution in [1.82, 2.24) is 14.9 Å². The number of carbonyl (C=O) groups excluding carboxylic acids is 1. The fraction of sp³-hybridized carbons (Fsp3) is 0.211. The Labute approximate surface area is 136 Å². The maximum atomic E-state index is 12.8. The number of hydrogen-bond acceptors (Lipinski definition) is 4. The molecule has 1 saturated heterocycles. The van der Waals surface area contributed by atoms with Crippen molar-refractivity contribution in [2.24, 2.45) is 0 Å². The van der Waals surface area contributed by atoms with Gasteiger partial charge in [0.1, 0.15) is 0 Å². The molecule has 0 amide bonds. The predicted octanol–water partition coefficient (Wildman–Crippen LogP) is 2.85. The van der Waals surface area contributed by atoms with Gasteiger partial charge in [0, 0.05) is 49.0 Å². The lowest BCUT2D eigenvalue weighted by Crippen LogP contribution is -2.37. The summed E-state index contributed by atoms with van der Waals surface area (Å²) in [5, 5.41) is 0. The minimum atomic E-state index is 0.113. The Balaban J connectivity index is 1.94. The van der Waals surface area contributed by atoms with Gasteiger partial charge >= 0.3 is 0 Å². The Kier molecular flexibility index (Phi) is 4.74. The highest BCUT2D eigenvalue weighted by Gasteiger charge is 2.25. The van der Waals surface area contributed by atoms with Crippen molar-refractivity contribution in [3.63, 3.8) is 0 Å².